The number of thiophene rings is 1. The van der Waals surface area contributed by atoms with Crippen molar-refractivity contribution in [3.8, 4) is 0 Å². The van der Waals surface area contributed by atoms with Gasteiger partial charge < -0.3 is 9.72 Å². The molecule has 4 aromatic rings. The molecule has 0 bridgehead atoms. The topological polar surface area (TPSA) is 84.9 Å². The maximum atomic E-state index is 12.4. The van der Waals surface area contributed by atoms with Gasteiger partial charge in [0.25, 0.3) is 5.56 Å². The number of thiazole rings is 1. The van der Waals surface area contributed by atoms with Crippen molar-refractivity contribution in [1.82, 2.24) is 15.0 Å². The van der Waals surface area contributed by atoms with Gasteiger partial charge in [-0.15, -0.1) is 22.7 Å². The maximum absolute atomic E-state index is 12.4. The van der Waals surface area contributed by atoms with Crippen LogP contribution in [0.25, 0.3) is 20.4 Å². The average Bonchev–Trinajstić information content (AvgIpc) is 3.13. The number of aromatic nitrogens is 3. The number of esters is 1. The monoisotopic (exact) mass is 371 g/mol. The summed E-state index contributed by atoms with van der Waals surface area (Å²) in [5.74, 6) is 0.0601. The fourth-order valence-electron chi connectivity index (χ4n) is 2.62. The molecule has 0 aliphatic rings. The van der Waals surface area contributed by atoms with Crippen LogP contribution in [0, 0.1) is 13.8 Å². The lowest BCUT2D eigenvalue weighted by molar-refractivity contribution is 0.0478. The van der Waals surface area contributed by atoms with E-state index in [1.54, 1.807) is 13.8 Å². The van der Waals surface area contributed by atoms with Gasteiger partial charge in [0, 0.05) is 0 Å². The number of H-pyrrole nitrogens is 1. The number of hydrogen-bond donors (Lipinski definition) is 1. The standard InChI is InChI=1S/C17H13N3O3S2/c1-8-13-15(21)18-9(2)19-16(13)25-14(8)17(22)23-7-12-20-10-5-3-4-6-11(10)24-12/h3-6H,7H2,1-2H3,(H,18,19,21). The van der Waals surface area contributed by atoms with E-state index in [0.29, 0.717) is 26.5 Å². The number of para-hydroxylation sites is 1. The van der Waals surface area contributed by atoms with Crippen LogP contribution in [0.2, 0.25) is 0 Å². The normalized spacial score (nSPS) is 11.3. The summed E-state index contributed by atoms with van der Waals surface area (Å²) >= 11 is 2.67. The zero-order valence-electron chi connectivity index (χ0n) is 13.5. The van der Waals surface area contributed by atoms with Gasteiger partial charge in [-0.05, 0) is 31.5 Å². The highest BCUT2D eigenvalue weighted by Crippen LogP contribution is 2.28. The van der Waals surface area contributed by atoms with Gasteiger partial charge in [0.05, 0.1) is 15.6 Å². The summed E-state index contributed by atoms with van der Waals surface area (Å²) in [7, 11) is 0. The first-order valence-electron chi connectivity index (χ1n) is 7.54. The number of carbonyl (C=O) groups is 1. The summed E-state index contributed by atoms with van der Waals surface area (Å²) < 4.78 is 6.46. The molecule has 4 rings (SSSR count). The highest BCUT2D eigenvalue weighted by Gasteiger charge is 2.20. The summed E-state index contributed by atoms with van der Waals surface area (Å²) in [6, 6.07) is 7.77. The van der Waals surface area contributed by atoms with Gasteiger partial charge in [0.2, 0.25) is 0 Å². The van der Waals surface area contributed by atoms with E-state index in [1.807, 2.05) is 24.3 Å². The van der Waals surface area contributed by atoms with Crippen LogP contribution in [0.3, 0.4) is 0 Å². The van der Waals surface area contributed by atoms with Crippen molar-refractivity contribution in [3.05, 3.63) is 55.9 Å². The first-order chi connectivity index (χ1) is 12.0. The predicted octanol–water partition coefficient (Wildman–Crippen LogP) is 3.57. The van der Waals surface area contributed by atoms with Crippen molar-refractivity contribution in [1.29, 1.82) is 0 Å². The Morgan fingerprint density at radius 3 is 2.80 bits per heavy atom. The third-order valence-electron chi connectivity index (χ3n) is 3.77. The van der Waals surface area contributed by atoms with E-state index in [4.69, 9.17) is 4.74 Å². The van der Waals surface area contributed by atoms with Gasteiger partial charge in [-0.2, -0.15) is 0 Å². The quantitative estimate of drug-likeness (QED) is 0.557. The molecule has 0 unspecified atom stereocenters. The van der Waals surface area contributed by atoms with Crippen LogP contribution in [-0.2, 0) is 11.3 Å². The van der Waals surface area contributed by atoms with Crippen molar-refractivity contribution in [2.45, 2.75) is 20.5 Å². The Morgan fingerprint density at radius 1 is 1.20 bits per heavy atom. The molecule has 0 spiro atoms. The van der Waals surface area contributed by atoms with E-state index < -0.39 is 5.97 Å². The van der Waals surface area contributed by atoms with Crippen LogP contribution in [0.5, 0.6) is 0 Å². The van der Waals surface area contributed by atoms with Gasteiger partial charge in [-0.1, -0.05) is 12.1 Å². The molecule has 0 atom stereocenters. The minimum Gasteiger partial charge on any atom is -0.454 e. The van der Waals surface area contributed by atoms with Crippen LogP contribution in [0.1, 0.15) is 26.1 Å². The van der Waals surface area contributed by atoms with Crippen LogP contribution in [0.4, 0.5) is 0 Å². The Labute approximate surface area is 150 Å². The van der Waals surface area contributed by atoms with E-state index in [2.05, 4.69) is 15.0 Å². The molecule has 126 valence electrons. The number of fused-ring (bicyclic) bond motifs is 2. The molecular formula is C17H13N3O3S2. The highest BCUT2D eigenvalue weighted by atomic mass is 32.1. The molecule has 0 aliphatic carbocycles. The van der Waals surface area contributed by atoms with Gasteiger partial charge in [-0.25, -0.2) is 14.8 Å². The SMILES string of the molecule is Cc1nc2sc(C(=O)OCc3nc4ccccc4s3)c(C)c2c(=O)[nH]1. The fraction of sp³-hybridized carbons (Fsp3) is 0.176. The summed E-state index contributed by atoms with van der Waals surface area (Å²) in [4.78, 5) is 36.9. The number of carbonyl (C=O) groups excluding carboxylic acids is 1. The third-order valence-corrected chi connectivity index (χ3v) is 5.94. The van der Waals surface area contributed by atoms with Crippen molar-refractivity contribution in [2.24, 2.45) is 0 Å². The first-order valence-corrected chi connectivity index (χ1v) is 9.18. The van der Waals surface area contributed by atoms with Gasteiger partial charge in [0.1, 0.15) is 27.1 Å². The summed E-state index contributed by atoms with van der Waals surface area (Å²) in [5.41, 5.74) is 1.26. The van der Waals surface area contributed by atoms with E-state index in [0.717, 1.165) is 15.2 Å². The zero-order valence-corrected chi connectivity index (χ0v) is 15.1. The minimum atomic E-state index is -0.461. The highest BCUT2D eigenvalue weighted by molar-refractivity contribution is 7.20. The smallest absolute Gasteiger partial charge is 0.349 e. The lowest BCUT2D eigenvalue weighted by Gasteiger charge is -2.01. The van der Waals surface area contributed by atoms with Crippen molar-refractivity contribution in [3.63, 3.8) is 0 Å². The average molecular weight is 371 g/mol. The second kappa shape index (κ2) is 6.05. The molecule has 1 N–H and O–H groups in total. The molecule has 1 aromatic carbocycles. The second-order valence-electron chi connectivity index (χ2n) is 5.54. The lowest BCUT2D eigenvalue weighted by atomic mass is 10.2. The largest absolute Gasteiger partial charge is 0.454 e. The number of nitrogens with zero attached hydrogens (tertiary/aromatic N) is 2. The van der Waals surface area contributed by atoms with E-state index >= 15 is 0 Å². The molecule has 0 saturated carbocycles. The predicted molar refractivity (Wildman–Crippen MR) is 98.5 cm³/mol. The molecule has 3 heterocycles. The van der Waals surface area contributed by atoms with Crippen LogP contribution >= 0.6 is 22.7 Å². The molecule has 6 nitrogen and oxygen atoms in total. The van der Waals surface area contributed by atoms with Crippen LogP contribution in [-0.4, -0.2) is 20.9 Å². The van der Waals surface area contributed by atoms with Gasteiger partial charge in [-0.3, -0.25) is 4.79 Å². The van der Waals surface area contributed by atoms with Crippen molar-refractivity contribution < 1.29 is 9.53 Å². The minimum absolute atomic E-state index is 0.106. The van der Waals surface area contributed by atoms with Crippen molar-refractivity contribution in [2.75, 3.05) is 0 Å². The molecule has 0 saturated heterocycles. The molecular weight excluding hydrogens is 358 g/mol. The molecule has 0 aliphatic heterocycles. The van der Waals surface area contributed by atoms with E-state index in [9.17, 15) is 9.59 Å². The molecule has 0 amide bonds. The zero-order chi connectivity index (χ0) is 17.6. The Balaban J connectivity index is 1.60. The lowest BCUT2D eigenvalue weighted by Crippen LogP contribution is -2.10. The summed E-state index contributed by atoms with van der Waals surface area (Å²) in [5, 5.41) is 1.18. The number of aromatic amines is 1. The first kappa shape index (κ1) is 15.9. The molecule has 0 radical (unpaired) electrons. The molecule has 3 aromatic heterocycles. The Kier molecular flexibility index (Phi) is 3.85. The van der Waals surface area contributed by atoms with Crippen LogP contribution < -0.4 is 5.56 Å². The Hall–Kier alpha value is -2.58. The van der Waals surface area contributed by atoms with Gasteiger partial charge >= 0.3 is 5.97 Å². The Bertz CT molecular complexity index is 1140. The van der Waals surface area contributed by atoms with E-state index in [1.165, 1.54) is 22.7 Å². The molecule has 8 heteroatoms. The Morgan fingerprint density at radius 2 is 2.00 bits per heavy atom. The number of rotatable bonds is 3. The second-order valence-corrected chi connectivity index (χ2v) is 7.65. The maximum Gasteiger partial charge on any atom is 0.349 e. The van der Waals surface area contributed by atoms with Crippen molar-refractivity contribution >= 4 is 49.1 Å². The number of nitrogens with one attached hydrogen (secondary N) is 1. The fourth-order valence-corrected chi connectivity index (χ4v) is 4.62. The van der Waals surface area contributed by atoms with Crippen LogP contribution in [0.15, 0.2) is 29.1 Å². The number of hydrogen-bond acceptors (Lipinski definition) is 7. The number of aryl methyl sites for hydroxylation is 2. The molecule has 25 heavy (non-hydrogen) atoms. The van der Waals surface area contributed by atoms with E-state index in [-0.39, 0.29) is 12.2 Å². The molecule has 0 fully saturated rings. The number of ether oxygens (including phenoxy) is 1. The number of benzene rings is 1. The van der Waals surface area contributed by atoms with Gasteiger partial charge in [0.15, 0.2) is 0 Å². The summed E-state index contributed by atoms with van der Waals surface area (Å²) in [6.45, 7) is 3.55. The third kappa shape index (κ3) is 2.83. The summed E-state index contributed by atoms with van der Waals surface area (Å²) in [6.07, 6.45) is 0.